The Balaban J connectivity index is 2.37. The Hall–Kier alpha value is -0.560. The lowest BCUT2D eigenvalue weighted by molar-refractivity contribution is 0.194. The maximum absolute atomic E-state index is 11.4. The number of ether oxygens (including phenoxy) is 1. The van der Waals surface area contributed by atoms with Gasteiger partial charge >= 0.3 is 0 Å². The van der Waals surface area contributed by atoms with E-state index in [0.29, 0.717) is 10.1 Å². The smallest absolute Gasteiger partial charge is 0.175 e. The van der Waals surface area contributed by atoms with Crippen molar-refractivity contribution in [1.82, 2.24) is 5.32 Å². The second kappa shape index (κ2) is 8.67. The fraction of sp³-hybridized carbons (Fsp3) is 0.571. The predicted octanol–water partition coefficient (Wildman–Crippen LogP) is 2.20. The van der Waals surface area contributed by atoms with Crippen LogP contribution in [0.2, 0.25) is 0 Å². The van der Waals surface area contributed by atoms with Gasteiger partial charge in [-0.05, 0) is 37.2 Å². The Bertz CT molecular complexity index is 486. The highest BCUT2D eigenvalue weighted by Gasteiger charge is 2.08. The van der Waals surface area contributed by atoms with Gasteiger partial charge in [0.2, 0.25) is 0 Å². The zero-order chi connectivity index (χ0) is 15.0. The van der Waals surface area contributed by atoms with Gasteiger partial charge in [-0.3, -0.25) is 0 Å². The van der Waals surface area contributed by atoms with E-state index in [0.717, 1.165) is 31.0 Å². The maximum atomic E-state index is 11.4. The quantitative estimate of drug-likeness (QED) is 0.559. The summed E-state index contributed by atoms with van der Waals surface area (Å²) in [6.07, 6.45) is 2.23. The van der Waals surface area contributed by atoms with Gasteiger partial charge in [0.25, 0.3) is 0 Å². The molecular formula is C14H23NO3S2. The maximum Gasteiger partial charge on any atom is 0.175 e. The van der Waals surface area contributed by atoms with Gasteiger partial charge in [-0.15, -0.1) is 11.8 Å². The van der Waals surface area contributed by atoms with E-state index in [4.69, 9.17) is 4.74 Å². The summed E-state index contributed by atoms with van der Waals surface area (Å²) < 4.78 is 27.7. The van der Waals surface area contributed by atoms with Crippen LogP contribution in [0.4, 0.5) is 0 Å². The number of sulfone groups is 1. The van der Waals surface area contributed by atoms with Crippen molar-refractivity contribution in [3.8, 4) is 0 Å². The minimum absolute atomic E-state index is 0.368. The molecule has 0 spiro atoms. The molecule has 0 aliphatic heterocycles. The highest BCUT2D eigenvalue weighted by Crippen LogP contribution is 2.24. The Morgan fingerprint density at radius 1 is 1.30 bits per heavy atom. The Morgan fingerprint density at radius 2 is 1.95 bits per heavy atom. The van der Waals surface area contributed by atoms with E-state index in [1.54, 1.807) is 31.0 Å². The van der Waals surface area contributed by atoms with E-state index in [-0.39, 0.29) is 0 Å². The molecule has 1 aromatic carbocycles. The molecule has 20 heavy (non-hydrogen) atoms. The second-order valence-electron chi connectivity index (χ2n) is 4.72. The first-order valence-electron chi connectivity index (χ1n) is 6.60. The van der Waals surface area contributed by atoms with Crippen LogP contribution in [0.1, 0.15) is 13.3 Å². The van der Waals surface area contributed by atoms with Crippen LogP contribution >= 0.6 is 11.8 Å². The van der Waals surface area contributed by atoms with Crippen LogP contribution in [0.25, 0.3) is 0 Å². The third-order valence-corrected chi connectivity index (χ3v) is 4.96. The highest BCUT2D eigenvalue weighted by atomic mass is 32.2. The summed E-state index contributed by atoms with van der Waals surface area (Å²) in [5.41, 5.74) is 0. The molecule has 0 aromatic heterocycles. The van der Waals surface area contributed by atoms with Gasteiger partial charge in [-0.2, -0.15) is 0 Å². The molecule has 1 aromatic rings. The largest absolute Gasteiger partial charge is 0.385 e. The van der Waals surface area contributed by atoms with E-state index in [9.17, 15) is 8.42 Å². The molecule has 6 heteroatoms. The number of thioether (sulfide) groups is 1. The average molecular weight is 317 g/mol. The van der Waals surface area contributed by atoms with E-state index in [1.165, 1.54) is 6.26 Å². The van der Waals surface area contributed by atoms with Crippen molar-refractivity contribution in [2.75, 3.05) is 33.1 Å². The molecule has 1 N–H and O–H groups in total. The molecule has 0 aliphatic carbocycles. The van der Waals surface area contributed by atoms with Gasteiger partial charge in [0.15, 0.2) is 9.84 Å². The molecule has 114 valence electrons. The van der Waals surface area contributed by atoms with Crippen LogP contribution in [0, 0.1) is 0 Å². The van der Waals surface area contributed by atoms with Crippen LogP contribution < -0.4 is 5.32 Å². The standard InChI is InChI=1S/C14H23NO3S2/c1-12(11-15-9-4-10-18-2)19-13-5-7-14(8-6-13)20(3,16)17/h5-8,12,15H,4,9-11H2,1-3H3. The number of nitrogens with one attached hydrogen (secondary N) is 1. The topological polar surface area (TPSA) is 55.4 Å². The highest BCUT2D eigenvalue weighted by molar-refractivity contribution is 8.00. The molecule has 1 unspecified atom stereocenters. The van der Waals surface area contributed by atoms with E-state index < -0.39 is 9.84 Å². The summed E-state index contributed by atoms with van der Waals surface area (Å²) in [5, 5.41) is 3.81. The number of rotatable bonds is 9. The number of hydrogen-bond acceptors (Lipinski definition) is 5. The third kappa shape index (κ3) is 6.74. The summed E-state index contributed by atoms with van der Waals surface area (Å²) in [7, 11) is -1.40. The molecule has 0 aliphatic rings. The molecule has 0 fully saturated rings. The minimum atomic E-state index is -3.10. The SMILES string of the molecule is COCCCNCC(C)Sc1ccc(S(C)(=O)=O)cc1. The Kier molecular flexibility index (Phi) is 7.58. The first-order chi connectivity index (χ1) is 9.43. The normalized spacial score (nSPS) is 13.3. The van der Waals surface area contributed by atoms with Gasteiger partial charge < -0.3 is 10.1 Å². The van der Waals surface area contributed by atoms with Crippen molar-refractivity contribution in [3.63, 3.8) is 0 Å². The van der Waals surface area contributed by atoms with Crippen molar-refractivity contribution in [2.45, 2.75) is 28.4 Å². The monoisotopic (exact) mass is 317 g/mol. The van der Waals surface area contributed by atoms with Crippen LogP contribution in [0.5, 0.6) is 0 Å². The summed E-state index contributed by atoms with van der Waals surface area (Å²) in [6.45, 7) is 4.80. The first-order valence-corrected chi connectivity index (χ1v) is 9.37. The van der Waals surface area contributed by atoms with Gasteiger partial charge in [-0.25, -0.2) is 8.42 Å². The van der Waals surface area contributed by atoms with Crippen LogP contribution in [-0.4, -0.2) is 46.7 Å². The molecule has 0 heterocycles. The lowest BCUT2D eigenvalue weighted by Gasteiger charge is -2.12. The lowest BCUT2D eigenvalue weighted by Crippen LogP contribution is -2.24. The average Bonchev–Trinajstić information content (AvgIpc) is 2.38. The molecular weight excluding hydrogens is 294 g/mol. The minimum Gasteiger partial charge on any atom is -0.385 e. The molecule has 4 nitrogen and oxygen atoms in total. The summed E-state index contributed by atoms with van der Waals surface area (Å²) >= 11 is 1.74. The van der Waals surface area contributed by atoms with Gasteiger partial charge in [0, 0.05) is 36.7 Å². The fourth-order valence-corrected chi connectivity index (χ4v) is 3.28. The number of hydrogen-bond donors (Lipinski definition) is 1. The fourth-order valence-electron chi connectivity index (χ4n) is 1.69. The van der Waals surface area contributed by atoms with Crippen LogP contribution in [0.3, 0.4) is 0 Å². The summed E-state index contributed by atoms with van der Waals surface area (Å²) in [4.78, 5) is 1.45. The molecule has 1 atom stereocenters. The van der Waals surface area contributed by atoms with Crippen LogP contribution in [0.15, 0.2) is 34.1 Å². The zero-order valence-electron chi connectivity index (χ0n) is 12.3. The molecule has 1 rings (SSSR count). The van der Waals surface area contributed by atoms with Crippen molar-refractivity contribution in [2.24, 2.45) is 0 Å². The molecule has 0 amide bonds. The first kappa shape index (κ1) is 17.5. The number of methoxy groups -OCH3 is 1. The van der Waals surface area contributed by atoms with E-state index in [2.05, 4.69) is 12.2 Å². The van der Waals surface area contributed by atoms with Gasteiger partial charge in [-0.1, -0.05) is 6.92 Å². The third-order valence-electron chi connectivity index (χ3n) is 2.72. The molecule has 0 bridgehead atoms. The molecule has 0 saturated heterocycles. The summed E-state index contributed by atoms with van der Waals surface area (Å²) in [6, 6.07) is 7.05. The van der Waals surface area contributed by atoms with Crippen LogP contribution in [-0.2, 0) is 14.6 Å². The predicted molar refractivity (Wildman–Crippen MR) is 84.2 cm³/mol. The zero-order valence-corrected chi connectivity index (χ0v) is 13.9. The van der Waals surface area contributed by atoms with Gasteiger partial charge in [0.1, 0.15) is 0 Å². The van der Waals surface area contributed by atoms with Gasteiger partial charge in [0.05, 0.1) is 4.90 Å². The van der Waals surface area contributed by atoms with E-state index in [1.807, 2.05) is 12.1 Å². The van der Waals surface area contributed by atoms with E-state index >= 15 is 0 Å². The van der Waals surface area contributed by atoms with Crippen molar-refractivity contribution in [1.29, 1.82) is 0 Å². The summed E-state index contributed by atoms with van der Waals surface area (Å²) in [5.74, 6) is 0. The number of benzene rings is 1. The van der Waals surface area contributed by atoms with Crippen molar-refractivity contribution < 1.29 is 13.2 Å². The van der Waals surface area contributed by atoms with Crippen molar-refractivity contribution in [3.05, 3.63) is 24.3 Å². The Morgan fingerprint density at radius 3 is 2.50 bits per heavy atom. The Labute approximate surface area is 126 Å². The molecule has 0 radical (unpaired) electrons. The molecule has 0 saturated carbocycles. The van der Waals surface area contributed by atoms with Crippen molar-refractivity contribution >= 4 is 21.6 Å². The lowest BCUT2D eigenvalue weighted by atomic mass is 10.4. The second-order valence-corrected chi connectivity index (χ2v) is 8.25.